The van der Waals surface area contributed by atoms with Gasteiger partial charge >= 0.3 is 0 Å². The highest BCUT2D eigenvalue weighted by Gasteiger charge is 2.17. The number of hydrogen-bond donors (Lipinski definition) is 1. The summed E-state index contributed by atoms with van der Waals surface area (Å²) in [7, 11) is 1.60. The summed E-state index contributed by atoms with van der Waals surface area (Å²) in [5, 5.41) is 2.90. The van der Waals surface area contributed by atoms with Crippen LogP contribution in [0.3, 0.4) is 0 Å². The highest BCUT2D eigenvalue weighted by Crippen LogP contribution is 2.34. The molecule has 0 fully saturated rings. The van der Waals surface area contributed by atoms with E-state index in [0.29, 0.717) is 11.5 Å². The van der Waals surface area contributed by atoms with Crippen LogP contribution in [0.5, 0.6) is 23.0 Å². The highest BCUT2D eigenvalue weighted by molar-refractivity contribution is 5.78. The lowest BCUT2D eigenvalue weighted by molar-refractivity contribution is -0.123. The first-order valence-corrected chi connectivity index (χ1v) is 7.61. The first-order chi connectivity index (χ1) is 11.7. The van der Waals surface area contributed by atoms with E-state index in [4.69, 9.17) is 18.9 Å². The van der Waals surface area contributed by atoms with Crippen molar-refractivity contribution in [3.05, 3.63) is 48.0 Å². The Morgan fingerprint density at radius 1 is 1.12 bits per heavy atom. The van der Waals surface area contributed by atoms with Gasteiger partial charge in [0.25, 0.3) is 5.91 Å². The summed E-state index contributed by atoms with van der Waals surface area (Å²) in [6.45, 7) is 2.08. The minimum atomic E-state index is -0.198. The molecule has 0 saturated carbocycles. The van der Waals surface area contributed by atoms with Crippen LogP contribution in [0.1, 0.15) is 18.5 Å². The van der Waals surface area contributed by atoms with Gasteiger partial charge in [0.05, 0.1) is 13.2 Å². The molecule has 0 saturated heterocycles. The number of ether oxygens (including phenoxy) is 4. The van der Waals surface area contributed by atoms with Crippen LogP contribution in [0.2, 0.25) is 0 Å². The molecule has 1 N–H and O–H groups in total. The molecule has 0 spiro atoms. The zero-order valence-electron chi connectivity index (χ0n) is 13.6. The molecule has 0 aliphatic carbocycles. The van der Waals surface area contributed by atoms with E-state index in [1.165, 1.54) is 0 Å². The average molecular weight is 329 g/mol. The van der Waals surface area contributed by atoms with Crippen molar-refractivity contribution in [3.63, 3.8) is 0 Å². The van der Waals surface area contributed by atoms with E-state index >= 15 is 0 Å². The number of hydrogen-bond acceptors (Lipinski definition) is 5. The third-order valence-corrected chi connectivity index (χ3v) is 3.70. The summed E-state index contributed by atoms with van der Waals surface area (Å²) in [4.78, 5) is 12.0. The van der Waals surface area contributed by atoms with Crippen molar-refractivity contribution < 1.29 is 23.7 Å². The Kier molecular flexibility index (Phi) is 4.74. The molecule has 0 unspecified atom stereocenters. The predicted molar refractivity (Wildman–Crippen MR) is 87.6 cm³/mol. The van der Waals surface area contributed by atoms with E-state index in [-0.39, 0.29) is 25.3 Å². The average Bonchev–Trinajstić information content (AvgIpc) is 3.08. The van der Waals surface area contributed by atoms with Crippen LogP contribution in [-0.4, -0.2) is 26.4 Å². The molecule has 3 rings (SSSR count). The summed E-state index contributed by atoms with van der Waals surface area (Å²) >= 11 is 0. The van der Waals surface area contributed by atoms with Crippen molar-refractivity contribution >= 4 is 5.91 Å². The molecular weight excluding hydrogens is 310 g/mol. The maximum Gasteiger partial charge on any atom is 0.258 e. The molecule has 1 heterocycles. The maximum absolute atomic E-state index is 12.0. The van der Waals surface area contributed by atoms with E-state index in [9.17, 15) is 4.79 Å². The van der Waals surface area contributed by atoms with Crippen LogP contribution < -0.4 is 24.3 Å². The van der Waals surface area contributed by atoms with Crippen LogP contribution >= 0.6 is 0 Å². The van der Waals surface area contributed by atoms with Crippen molar-refractivity contribution in [2.45, 2.75) is 13.0 Å². The zero-order valence-corrected chi connectivity index (χ0v) is 13.6. The lowest BCUT2D eigenvalue weighted by atomic mass is 10.1. The van der Waals surface area contributed by atoms with Crippen LogP contribution in [-0.2, 0) is 4.79 Å². The van der Waals surface area contributed by atoms with Crippen molar-refractivity contribution in [1.29, 1.82) is 0 Å². The standard InChI is InChI=1S/C18H19NO5/c1-12(13-3-8-16-17(9-13)24-11-23-16)19-18(20)10-22-15-6-4-14(21-2)5-7-15/h3-9,12H,10-11H2,1-2H3,(H,19,20)/t12-/m0/s1. The van der Waals surface area contributed by atoms with Gasteiger partial charge in [-0.15, -0.1) is 0 Å². The van der Waals surface area contributed by atoms with Gasteiger partial charge in [-0.1, -0.05) is 6.07 Å². The molecule has 1 atom stereocenters. The number of nitrogens with one attached hydrogen (secondary N) is 1. The molecule has 1 aliphatic rings. The molecule has 24 heavy (non-hydrogen) atoms. The summed E-state index contributed by atoms with van der Waals surface area (Å²) in [5.41, 5.74) is 0.942. The van der Waals surface area contributed by atoms with Crippen LogP contribution in [0.4, 0.5) is 0 Å². The number of methoxy groups -OCH3 is 1. The van der Waals surface area contributed by atoms with Crippen molar-refractivity contribution in [2.24, 2.45) is 0 Å². The second kappa shape index (κ2) is 7.12. The Bertz CT molecular complexity index is 714. The fourth-order valence-corrected chi connectivity index (χ4v) is 2.37. The number of carbonyl (C=O) groups is 1. The molecule has 2 aromatic rings. The van der Waals surface area contributed by atoms with E-state index < -0.39 is 0 Å². The maximum atomic E-state index is 12.0. The first-order valence-electron chi connectivity index (χ1n) is 7.61. The van der Waals surface area contributed by atoms with Crippen molar-refractivity contribution in [3.8, 4) is 23.0 Å². The van der Waals surface area contributed by atoms with Gasteiger partial charge in [-0.25, -0.2) is 0 Å². The lowest BCUT2D eigenvalue weighted by Gasteiger charge is -2.15. The van der Waals surface area contributed by atoms with Gasteiger partial charge in [0.2, 0.25) is 6.79 Å². The Morgan fingerprint density at radius 3 is 2.58 bits per heavy atom. The SMILES string of the molecule is COc1ccc(OCC(=O)N[C@@H](C)c2ccc3c(c2)OCO3)cc1. The number of carbonyl (C=O) groups excluding carboxylic acids is 1. The van der Waals surface area contributed by atoms with E-state index in [1.807, 2.05) is 25.1 Å². The van der Waals surface area contributed by atoms with Gasteiger partial charge in [0.15, 0.2) is 18.1 Å². The molecule has 1 aliphatic heterocycles. The normalized spacial score (nSPS) is 13.2. The van der Waals surface area contributed by atoms with Gasteiger partial charge in [-0.05, 0) is 48.9 Å². The summed E-state index contributed by atoms with van der Waals surface area (Å²) < 4.78 is 21.2. The van der Waals surface area contributed by atoms with E-state index in [2.05, 4.69) is 5.32 Å². The topological polar surface area (TPSA) is 66.0 Å². The third kappa shape index (κ3) is 3.71. The molecule has 0 radical (unpaired) electrons. The van der Waals surface area contributed by atoms with Crippen LogP contribution in [0.15, 0.2) is 42.5 Å². The van der Waals surface area contributed by atoms with Gasteiger partial charge in [-0.3, -0.25) is 4.79 Å². The summed E-state index contributed by atoms with van der Waals surface area (Å²) in [6, 6.07) is 12.5. The van der Waals surface area contributed by atoms with E-state index in [0.717, 1.165) is 17.1 Å². The molecule has 0 aromatic heterocycles. The minimum Gasteiger partial charge on any atom is -0.497 e. The van der Waals surface area contributed by atoms with Crippen LogP contribution in [0, 0.1) is 0 Å². The zero-order chi connectivity index (χ0) is 16.9. The molecular formula is C18H19NO5. The largest absolute Gasteiger partial charge is 0.497 e. The predicted octanol–water partition coefficient (Wildman–Crippen LogP) is 2.68. The third-order valence-electron chi connectivity index (χ3n) is 3.70. The van der Waals surface area contributed by atoms with Crippen molar-refractivity contribution in [1.82, 2.24) is 5.32 Å². The fraction of sp³-hybridized carbons (Fsp3) is 0.278. The molecule has 1 amide bonds. The number of benzene rings is 2. The Labute approximate surface area is 140 Å². The van der Waals surface area contributed by atoms with Gasteiger partial charge in [0, 0.05) is 0 Å². The number of amides is 1. The Morgan fingerprint density at radius 2 is 1.83 bits per heavy atom. The minimum absolute atomic E-state index is 0.0543. The van der Waals surface area contributed by atoms with E-state index in [1.54, 1.807) is 31.4 Å². The Balaban J connectivity index is 1.52. The lowest BCUT2D eigenvalue weighted by Crippen LogP contribution is -2.31. The monoisotopic (exact) mass is 329 g/mol. The number of fused-ring (bicyclic) bond motifs is 1. The van der Waals surface area contributed by atoms with Crippen LogP contribution in [0.25, 0.3) is 0 Å². The summed E-state index contributed by atoms with van der Waals surface area (Å²) in [5.74, 6) is 2.57. The second-order valence-corrected chi connectivity index (χ2v) is 5.37. The second-order valence-electron chi connectivity index (χ2n) is 5.37. The molecule has 126 valence electrons. The van der Waals surface area contributed by atoms with Gasteiger partial charge in [0.1, 0.15) is 11.5 Å². The first kappa shape index (κ1) is 16.0. The molecule has 6 nitrogen and oxygen atoms in total. The Hall–Kier alpha value is -2.89. The molecule has 2 aromatic carbocycles. The quantitative estimate of drug-likeness (QED) is 0.882. The van der Waals surface area contributed by atoms with Gasteiger partial charge < -0.3 is 24.3 Å². The van der Waals surface area contributed by atoms with Crippen molar-refractivity contribution in [2.75, 3.05) is 20.5 Å². The highest BCUT2D eigenvalue weighted by atomic mass is 16.7. The number of rotatable bonds is 6. The summed E-state index contributed by atoms with van der Waals surface area (Å²) in [6.07, 6.45) is 0. The fourth-order valence-electron chi connectivity index (χ4n) is 2.37. The van der Waals surface area contributed by atoms with Gasteiger partial charge in [-0.2, -0.15) is 0 Å². The molecule has 6 heteroatoms. The smallest absolute Gasteiger partial charge is 0.258 e. The molecule has 0 bridgehead atoms.